The molecule has 2 heterocycles. The summed E-state index contributed by atoms with van der Waals surface area (Å²) in [6.07, 6.45) is 2.98. The molecule has 0 aliphatic heterocycles. The minimum atomic E-state index is -1.28. The number of hydrogen-bond acceptors (Lipinski definition) is 4. The van der Waals surface area contributed by atoms with E-state index < -0.39 is 11.9 Å². The van der Waals surface area contributed by atoms with Gasteiger partial charge in [0.2, 0.25) is 0 Å². The first-order valence-corrected chi connectivity index (χ1v) is 8.15. The van der Waals surface area contributed by atoms with Gasteiger partial charge in [-0.05, 0) is 12.1 Å². The highest BCUT2D eigenvalue weighted by Gasteiger charge is 2.21. The Balaban J connectivity index is 1.77. The minimum Gasteiger partial charge on any atom is -0.476 e. The Kier molecular flexibility index (Phi) is 4.97. The van der Waals surface area contributed by atoms with Gasteiger partial charge in [-0.2, -0.15) is 10.2 Å². The number of rotatable bonds is 5. The van der Waals surface area contributed by atoms with Crippen LogP contribution in [0, 0.1) is 0 Å². The third kappa shape index (κ3) is 3.71. The van der Waals surface area contributed by atoms with Gasteiger partial charge in [0.05, 0.1) is 12.1 Å². The summed E-state index contributed by atoms with van der Waals surface area (Å²) in [6, 6.07) is 6.78. The van der Waals surface area contributed by atoms with Gasteiger partial charge in [-0.25, -0.2) is 4.79 Å². The largest absolute Gasteiger partial charge is 0.476 e. The van der Waals surface area contributed by atoms with Crippen LogP contribution in [0.2, 0.25) is 10.0 Å². The quantitative estimate of drug-likeness (QED) is 0.693. The summed E-state index contributed by atoms with van der Waals surface area (Å²) in [6.45, 7) is 0.321. The standard InChI is InChI=1S/C16H13Cl2N5O3/c1-22-7-10(14(21-22)16(25)26)15(24)19-13-5-6-23(20-13)8-9-11(17)3-2-4-12(9)18/h2-7H,8H2,1H3,(H,25,26)(H,19,20,24). The molecule has 0 unspecified atom stereocenters. The first-order chi connectivity index (χ1) is 12.3. The Morgan fingerprint density at radius 1 is 1.19 bits per heavy atom. The molecule has 0 saturated carbocycles. The second kappa shape index (κ2) is 7.19. The number of carbonyl (C=O) groups excluding carboxylic acids is 1. The molecule has 3 aromatic rings. The molecular weight excluding hydrogens is 381 g/mol. The molecule has 2 aromatic heterocycles. The molecule has 0 saturated heterocycles. The summed E-state index contributed by atoms with van der Waals surface area (Å²) in [7, 11) is 1.53. The van der Waals surface area contributed by atoms with Crippen LogP contribution in [-0.4, -0.2) is 36.5 Å². The molecule has 26 heavy (non-hydrogen) atoms. The van der Waals surface area contributed by atoms with Crippen LogP contribution in [0.1, 0.15) is 26.4 Å². The number of nitrogens with zero attached hydrogens (tertiary/aromatic N) is 4. The maximum absolute atomic E-state index is 12.3. The first-order valence-electron chi connectivity index (χ1n) is 7.40. The number of carbonyl (C=O) groups is 2. The fourth-order valence-electron chi connectivity index (χ4n) is 2.36. The molecule has 134 valence electrons. The number of hydrogen-bond donors (Lipinski definition) is 2. The number of anilines is 1. The number of halogens is 2. The van der Waals surface area contributed by atoms with Crippen molar-refractivity contribution in [1.82, 2.24) is 19.6 Å². The predicted octanol–water partition coefficient (Wildman–Crippen LogP) is 2.92. The van der Waals surface area contributed by atoms with Crippen molar-refractivity contribution >= 4 is 40.9 Å². The first kappa shape index (κ1) is 18.0. The van der Waals surface area contributed by atoms with Crippen molar-refractivity contribution in [2.75, 3.05) is 5.32 Å². The summed E-state index contributed by atoms with van der Waals surface area (Å²) in [5, 5.41) is 20.7. The second-order valence-electron chi connectivity index (χ2n) is 5.42. The van der Waals surface area contributed by atoms with E-state index in [9.17, 15) is 9.59 Å². The molecule has 1 aromatic carbocycles. The van der Waals surface area contributed by atoms with Gasteiger partial charge in [-0.15, -0.1) is 0 Å². The molecule has 0 aliphatic rings. The van der Waals surface area contributed by atoms with Crippen molar-refractivity contribution in [3.8, 4) is 0 Å². The Morgan fingerprint density at radius 2 is 1.88 bits per heavy atom. The fourth-order valence-corrected chi connectivity index (χ4v) is 2.88. The monoisotopic (exact) mass is 393 g/mol. The van der Waals surface area contributed by atoms with Crippen molar-refractivity contribution < 1.29 is 14.7 Å². The van der Waals surface area contributed by atoms with Gasteiger partial charge in [0.25, 0.3) is 5.91 Å². The summed E-state index contributed by atoms with van der Waals surface area (Å²) in [5.41, 5.74) is 0.327. The molecule has 0 spiro atoms. The van der Waals surface area contributed by atoms with Gasteiger partial charge in [0.15, 0.2) is 11.5 Å². The van der Waals surface area contributed by atoms with Crippen molar-refractivity contribution in [2.24, 2.45) is 7.05 Å². The molecule has 0 aliphatic carbocycles. The summed E-state index contributed by atoms with van der Waals surface area (Å²) in [4.78, 5) is 23.5. The van der Waals surface area contributed by atoms with E-state index in [4.69, 9.17) is 28.3 Å². The topological polar surface area (TPSA) is 102 Å². The van der Waals surface area contributed by atoms with Crippen molar-refractivity contribution in [3.63, 3.8) is 0 Å². The molecule has 2 N–H and O–H groups in total. The maximum Gasteiger partial charge on any atom is 0.357 e. The summed E-state index contributed by atoms with van der Waals surface area (Å²) < 4.78 is 2.82. The van der Waals surface area contributed by atoms with E-state index in [0.29, 0.717) is 22.2 Å². The second-order valence-corrected chi connectivity index (χ2v) is 6.24. The number of carboxylic acid groups (broad SMARTS) is 1. The Morgan fingerprint density at radius 3 is 2.54 bits per heavy atom. The lowest BCUT2D eigenvalue weighted by Crippen LogP contribution is -2.16. The van der Waals surface area contributed by atoms with Crippen LogP contribution in [0.25, 0.3) is 0 Å². The van der Waals surface area contributed by atoms with Crippen LogP contribution in [0.3, 0.4) is 0 Å². The minimum absolute atomic E-state index is 0.0521. The molecule has 3 rings (SSSR count). The van der Waals surface area contributed by atoms with Crippen LogP contribution in [0.4, 0.5) is 5.82 Å². The number of aromatic carboxylic acids is 1. The van der Waals surface area contributed by atoms with Gasteiger partial charge >= 0.3 is 5.97 Å². The molecule has 1 amide bonds. The molecular formula is C16H13Cl2N5O3. The summed E-state index contributed by atoms with van der Waals surface area (Å²) in [5.74, 6) is -1.63. The zero-order valence-electron chi connectivity index (χ0n) is 13.5. The number of aromatic nitrogens is 4. The van der Waals surface area contributed by atoms with Gasteiger partial charge in [-0.1, -0.05) is 29.3 Å². The smallest absolute Gasteiger partial charge is 0.357 e. The van der Waals surface area contributed by atoms with E-state index in [1.54, 1.807) is 35.1 Å². The number of carboxylic acids is 1. The molecule has 0 atom stereocenters. The zero-order valence-corrected chi connectivity index (χ0v) is 15.0. The van der Waals surface area contributed by atoms with Gasteiger partial charge < -0.3 is 10.4 Å². The SMILES string of the molecule is Cn1cc(C(=O)Nc2ccn(Cc3c(Cl)cccc3Cl)n2)c(C(=O)O)n1. The molecule has 8 nitrogen and oxygen atoms in total. The van der Waals surface area contributed by atoms with Gasteiger partial charge in [-0.3, -0.25) is 14.2 Å². The van der Waals surface area contributed by atoms with Gasteiger partial charge in [0, 0.05) is 41.1 Å². The Bertz CT molecular complexity index is 975. The van der Waals surface area contributed by atoms with E-state index in [2.05, 4.69) is 15.5 Å². The number of benzene rings is 1. The third-order valence-electron chi connectivity index (χ3n) is 3.54. The molecule has 0 radical (unpaired) electrons. The average molecular weight is 394 g/mol. The highest BCUT2D eigenvalue weighted by molar-refractivity contribution is 6.35. The van der Waals surface area contributed by atoms with E-state index in [-0.39, 0.29) is 17.1 Å². The highest BCUT2D eigenvalue weighted by Crippen LogP contribution is 2.25. The molecule has 0 bridgehead atoms. The van der Waals surface area contributed by atoms with Crippen LogP contribution in [0.5, 0.6) is 0 Å². The van der Waals surface area contributed by atoms with Crippen molar-refractivity contribution in [3.05, 3.63) is 63.5 Å². The fraction of sp³-hybridized carbons (Fsp3) is 0.125. The zero-order chi connectivity index (χ0) is 18.8. The predicted molar refractivity (Wildman–Crippen MR) is 95.9 cm³/mol. The lowest BCUT2D eigenvalue weighted by molar-refractivity contribution is 0.0685. The molecule has 10 heteroatoms. The lowest BCUT2D eigenvalue weighted by atomic mass is 10.2. The third-order valence-corrected chi connectivity index (χ3v) is 4.25. The van der Waals surface area contributed by atoms with E-state index in [1.165, 1.54) is 17.9 Å². The highest BCUT2D eigenvalue weighted by atomic mass is 35.5. The lowest BCUT2D eigenvalue weighted by Gasteiger charge is -2.07. The van der Waals surface area contributed by atoms with Crippen molar-refractivity contribution in [2.45, 2.75) is 6.54 Å². The Hall–Kier alpha value is -2.84. The van der Waals surface area contributed by atoms with E-state index in [1.807, 2.05) is 0 Å². The maximum atomic E-state index is 12.3. The van der Waals surface area contributed by atoms with Crippen LogP contribution in [-0.2, 0) is 13.6 Å². The Labute approximate surface area is 157 Å². The van der Waals surface area contributed by atoms with Gasteiger partial charge in [0.1, 0.15) is 0 Å². The van der Waals surface area contributed by atoms with E-state index in [0.717, 1.165) is 0 Å². The number of amides is 1. The van der Waals surface area contributed by atoms with Crippen LogP contribution in [0.15, 0.2) is 36.7 Å². The number of nitrogens with one attached hydrogen (secondary N) is 1. The van der Waals surface area contributed by atoms with Crippen LogP contribution >= 0.6 is 23.2 Å². The van der Waals surface area contributed by atoms with Crippen molar-refractivity contribution in [1.29, 1.82) is 0 Å². The van der Waals surface area contributed by atoms with E-state index >= 15 is 0 Å². The molecule has 0 fully saturated rings. The number of aryl methyl sites for hydroxylation is 1. The van der Waals surface area contributed by atoms with Crippen LogP contribution < -0.4 is 5.32 Å². The normalized spacial score (nSPS) is 10.7. The summed E-state index contributed by atoms with van der Waals surface area (Å²) >= 11 is 12.3. The average Bonchev–Trinajstić information content (AvgIpc) is 3.17.